The number of hydrogen-bond donors (Lipinski definition) is 2. The number of benzene rings is 2. The molecule has 5 heteroatoms. The second-order valence-electron chi connectivity index (χ2n) is 3.78. The van der Waals surface area contributed by atoms with E-state index in [1.54, 1.807) is 0 Å². The third-order valence-electron chi connectivity index (χ3n) is 2.51. The van der Waals surface area contributed by atoms with Crippen LogP contribution in [-0.2, 0) is 0 Å². The zero-order chi connectivity index (χ0) is 12.1. The van der Waals surface area contributed by atoms with Crippen LogP contribution >= 0.6 is 12.4 Å². The molecule has 102 valence electrons. The number of aliphatic imine (C=N–C) groups is 1. The molecule has 0 aliphatic rings. The van der Waals surface area contributed by atoms with E-state index in [0.717, 1.165) is 11.1 Å². The molecule has 0 aromatic heterocycles. The van der Waals surface area contributed by atoms with E-state index in [4.69, 9.17) is 11.5 Å². The number of hydrogen-bond acceptors (Lipinski definition) is 1. The maximum atomic E-state index is 5.50. The lowest BCUT2D eigenvalue weighted by Gasteiger charge is -2.13. The van der Waals surface area contributed by atoms with Crippen LogP contribution in [0.1, 0.15) is 17.2 Å². The molecule has 0 atom stereocenters. The van der Waals surface area contributed by atoms with Gasteiger partial charge in [0.25, 0.3) is 0 Å². The lowest BCUT2D eigenvalue weighted by atomic mass is 9.99. The van der Waals surface area contributed by atoms with E-state index < -0.39 is 0 Å². The van der Waals surface area contributed by atoms with Gasteiger partial charge in [0, 0.05) is 0 Å². The van der Waals surface area contributed by atoms with Crippen molar-refractivity contribution < 1.29 is 5.48 Å². The van der Waals surface area contributed by atoms with Gasteiger partial charge in [0.1, 0.15) is 6.04 Å². The van der Waals surface area contributed by atoms with Gasteiger partial charge >= 0.3 is 0 Å². The standard InChI is InChI=1S/C14H15N3.ClH.H2O/c15-14(16)17-13(11-7-3-1-4-8-11)12-9-5-2-6-10-12;;/h1-10,13H,(H4,15,16,17);1H;1H2. The highest BCUT2D eigenvalue weighted by atomic mass is 35.5. The molecular weight excluding hydrogens is 262 g/mol. The first-order chi connectivity index (χ1) is 8.27. The zero-order valence-corrected chi connectivity index (χ0v) is 11.2. The van der Waals surface area contributed by atoms with Crippen LogP contribution in [0.5, 0.6) is 0 Å². The maximum absolute atomic E-state index is 5.50. The molecule has 0 aliphatic heterocycles. The molecule has 0 spiro atoms. The fourth-order valence-corrected chi connectivity index (χ4v) is 1.76. The molecule has 0 fully saturated rings. The van der Waals surface area contributed by atoms with Crippen LogP contribution in [0.15, 0.2) is 65.7 Å². The third-order valence-corrected chi connectivity index (χ3v) is 2.51. The first-order valence-electron chi connectivity index (χ1n) is 5.46. The van der Waals surface area contributed by atoms with Gasteiger partial charge in [0.15, 0.2) is 5.96 Å². The van der Waals surface area contributed by atoms with Gasteiger partial charge in [-0.1, -0.05) is 60.7 Å². The number of halogens is 1. The van der Waals surface area contributed by atoms with E-state index in [9.17, 15) is 0 Å². The van der Waals surface area contributed by atoms with Crippen molar-refractivity contribution in [3.63, 3.8) is 0 Å². The maximum Gasteiger partial charge on any atom is 0.186 e. The Kier molecular flexibility index (Phi) is 7.26. The summed E-state index contributed by atoms with van der Waals surface area (Å²) in [5.41, 5.74) is 13.1. The molecule has 0 bridgehead atoms. The number of nitrogens with two attached hydrogens (primary N) is 2. The first kappa shape index (κ1) is 17.0. The Labute approximate surface area is 118 Å². The van der Waals surface area contributed by atoms with Gasteiger partial charge in [-0.25, -0.2) is 4.99 Å². The minimum Gasteiger partial charge on any atom is -0.412 e. The average molecular weight is 280 g/mol. The van der Waals surface area contributed by atoms with Crippen LogP contribution in [0, 0.1) is 0 Å². The van der Waals surface area contributed by atoms with Crippen LogP contribution in [0.2, 0.25) is 0 Å². The molecular formula is C14H18ClN3O. The van der Waals surface area contributed by atoms with Gasteiger partial charge in [0.2, 0.25) is 0 Å². The van der Waals surface area contributed by atoms with Gasteiger partial charge in [-0.15, -0.1) is 12.4 Å². The molecule has 0 amide bonds. The van der Waals surface area contributed by atoms with Gasteiger partial charge in [-0.05, 0) is 11.1 Å². The normalized spacial score (nSPS) is 9.11. The Morgan fingerprint density at radius 2 is 1.16 bits per heavy atom. The van der Waals surface area contributed by atoms with E-state index >= 15 is 0 Å². The fraction of sp³-hybridized carbons (Fsp3) is 0.0714. The van der Waals surface area contributed by atoms with Crippen LogP contribution in [0.4, 0.5) is 0 Å². The summed E-state index contributed by atoms with van der Waals surface area (Å²) in [6.45, 7) is 0. The predicted octanol–water partition coefficient (Wildman–Crippen LogP) is 1.65. The van der Waals surface area contributed by atoms with Crippen LogP contribution in [0.3, 0.4) is 0 Å². The summed E-state index contributed by atoms with van der Waals surface area (Å²) in [5.74, 6) is 0.0997. The topological polar surface area (TPSA) is 95.9 Å². The van der Waals surface area contributed by atoms with E-state index in [1.165, 1.54) is 0 Å². The molecule has 19 heavy (non-hydrogen) atoms. The summed E-state index contributed by atoms with van der Waals surface area (Å²) in [5, 5.41) is 0. The van der Waals surface area contributed by atoms with Crippen LogP contribution in [-0.4, -0.2) is 11.4 Å². The number of rotatable bonds is 3. The second kappa shape index (κ2) is 8.13. The van der Waals surface area contributed by atoms with E-state index in [2.05, 4.69) is 4.99 Å². The third kappa shape index (κ3) is 4.62. The minimum atomic E-state index is -0.137. The quantitative estimate of drug-likeness (QED) is 0.660. The zero-order valence-electron chi connectivity index (χ0n) is 10.4. The molecule has 0 saturated heterocycles. The summed E-state index contributed by atoms with van der Waals surface area (Å²) in [6, 6.07) is 19.8. The number of nitrogens with zero attached hydrogens (tertiary/aromatic N) is 1. The summed E-state index contributed by atoms with van der Waals surface area (Å²) >= 11 is 0. The Bertz CT molecular complexity index is 459. The molecule has 2 rings (SSSR count). The lowest BCUT2D eigenvalue weighted by molar-refractivity contribution is 0.824. The van der Waals surface area contributed by atoms with Crippen LogP contribution in [0.25, 0.3) is 0 Å². The lowest BCUT2D eigenvalue weighted by Crippen LogP contribution is -2.24. The highest BCUT2D eigenvalue weighted by molar-refractivity contribution is 5.85. The van der Waals surface area contributed by atoms with E-state index in [-0.39, 0.29) is 29.9 Å². The van der Waals surface area contributed by atoms with Crippen molar-refractivity contribution in [1.29, 1.82) is 0 Å². The van der Waals surface area contributed by atoms with Gasteiger partial charge in [0.05, 0.1) is 0 Å². The van der Waals surface area contributed by atoms with Crippen molar-refractivity contribution in [2.45, 2.75) is 6.04 Å². The van der Waals surface area contributed by atoms with Gasteiger partial charge in [-0.3, -0.25) is 0 Å². The largest absolute Gasteiger partial charge is 0.412 e. The molecule has 0 unspecified atom stereocenters. The molecule has 0 saturated carbocycles. The molecule has 0 aliphatic carbocycles. The van der Waals surface area contributed by atoms with Crippen molar-refractivity contribution in [2.75, 3.05) is 0 Å². The monoisotopic (exact) mass is 279 g/mol. The number of guanidine groups is 1. The Balaban J connectivity index is 0.00000162. The molecule has 0 radical (unpaired) electrons. The Morgan fingerprint density at radius 1 is 0.789 bits per heavy atom. The summed E-state index contributed by atoms with van der Waals surface area (Å²) in [4.78, 5) is 4.29. The molecule has 6 N–H and O–H groups in total. The Hall–Kier alpha value is -2.04. The van der Waals surface area contributed by atoms with Gasteiger partial charge < -0.3 is 16.9 Å². The second-order valence-corrected chi connectivity index (χ2v) is 3.78. The van der Waals surface area contributed by atoms with Gasteiger partial charge in [-0.2, -0.15) is 0 Å². The minimum absolute atomic E-state index is 0. The fourth-order valence-electron chi connectivity index (χ4n) is 1.76. The van der Waals surface area contributed by atoms with Crippen LogP contribution < -0.4 is 11.5 Å². The summed E-state index contributed by atoms with van der Waals surface area (Å²) in [6.07, 6.45) is 0. The summed E-state index contributed by atoms with van der Waals surface area (Å²) in [7, 11) is 0. The van der Waals surface area contributed by atoms with E-state index in [1.807, 2.05) is 60.7 Å². The SMILES string of the molecule is Cl.NC(N)=NC(c1ccccc1)c1ccccc1.O. The molecule has 4 nitrogen and oxygen atoms in total. The summed E-state index contributed by atoms with van der Waals surface area (Å²) < 4.78 is 0. The highest BCUT2D eigenvalue weighted by Crippen LogP contribution is 2.25. The Morgan fingerprint density at radius 3 is 1.47 bits per heavy atom. The smallest absolute Gasteiger partial charge is 0.186 e. The van der Waals surface area contributed by atoms with Crippen molar-refractivity contribution >= 4 is 18.4 Å². The highest BCUT2D eigenvalue weighted by Gasteiger charge is 2.11. The average Bonchev–Trinajstić information content (AvgIpc) is 2.38. The van der Waals surface area contributed by atoms with Crippen molar-refractivity contribution in [1.82, 2.24) is 0 Å². The first-order valence-corrected chi connectivity index (χ1v) is 5.46. The predicted molar refractivity (Wildman–Crippen MR) is 81.4 cm³/mol. The van der Waals surface area contributed by atoms with E-state index in [0.29, 0.717) is 0 Å². The molecule has 0 heterocycles. The molecule has 2 aromatic carbocycles. The van der Waals surface area contributed by atoms with Crippen molar-refractivity contribution in [3.8, 4) is 0 Å². The van der Waals surface area contributed by atoms with Crippen molar-refractivity contribution in [3.05, 3.63) is 71.8 Å². The van der Waals surface area contributed by atoms with Crippen molar-refractivity contribution in [2.24, 2.45) is 16.5 Å². The molecule has 2 aromatic rings.